The monoisotopic (exact) mass is 453 g/mol. The first-order valence-corrected chi connectivity index (χ1v) is 10.6. The highest BCUT2D eigenvalue weighted by Gasteiger charge is 2.22. The average molecular weight is 453 g/mol. The Bertz CT molecular complexity index is 1560. The van der Waals surface area contributed by atoms with E-state index in [0.29, 0.717) is 33.8 Å². The van der Waals surface area contributed by atoms with Gasteiger partial charge in [-0.1, -0.05) is 30.3 Å². The Labute approximate surface area is 194 Å². The van der Waals surface area contributed by atoms with Crippen LogP contribution in [0.5, 0.6) is 0 Å². The molecule has 0 bridgehead atoms. The van der Waals surface area contributed by atoms with Crippen molar-refractivity contribution in [3.05, 3.63) is 95.7 Å². The largest absolute Gasteiger partial charge is 0.478 e. The van der Waals surface area contributed by atoms with Gasteiger partial charge in [0.2, 0.25) is 0 Å². The predicted molar refractivity (Wildman–Crippen MR) is 128 cm³/mol. The Morgan fingerprint density at radius 2 is 1.74 bits per heavy atom. The first-order valence-electron chi connectivity index (χ1n) is 10.6. The second-order valence-corrected chi connectivity index (χ2v) is 7.87. The van der Waals surface area contributed by atoms with Gasteiger partial charge in [-0.25, -0.2) is 18.9 Å². The lowest BCUT2D eigenvalue weighted by Gasteiger charge is -2.15. The number of carboxylic acid groups (broad SMARTS) is 1. The minimum absolute atomic E-state index is 0.110. The van der Waals surface area contributed by atoms with Gasteiger partial charge in [0.15, 0.2) is 5.82 Å². The van der Waals surface area contributed by atoms with Crippen molar-refractivity contribution in [2.24, 2.45) is 0 Å². The molecule has 3 aromatic carbocycles. The second kappa shape index (κ2) is 8.40. The normalized spacial score (nSPS) is 11.0. The molecule has 0 spiro atoms. The lowest BCUT2D eigenvalue weighted by atomic mass is 10.0. The molecule has 0 radical (unpaired) electrons. The summed E-state index contributed by atoms with van der Waals surface area (Å²) < 4.78 is 16.7. The highest BCUT2D eigenvalue weighted by atomic mass is 19.1. The summed E-state index contributed by atoms with van der Waals surface area (Å²) in [6, 6.07) is 17.5. The third kappa shape index (κ3) is 3.65. The van der Waals surface area contributed by atoms with Crippen LogP contribution in [0.3, 0.4) is 0 Å². The number of fused-ring (bicyclic) bond motifs is 1. The number of hydrogen-bond donors (Lipinski definition) is 2. The topological polar surface area (TPSA) is 92.9 Å². The molecular weight excluding hydrogens is 433 g/mol. The van der Waals surface area contributed by atoms with Gasteiger partial charge >= 0.3 is 5.97 Å². The van der Waals surface area contributed by atoms with Crippen molar-refractivity contribution in [2.45, 2.75) is 13.8 Å². The zero-order chi connectivity index (χ0) is 23.8. The molecule has 8 heteroatoms. The van der Waals surface area contributed by atoms with Gasteiger partial charge in [0, 0.05) is 18.0 Å². The molecule has 0 fully saturated rings. The molecule has 168 valence electrons. The van der Waals surface area contributed by atoms with Gasteiger partial charge < -0.3 is 10.4 Å². The van der Waals surface area contributed by atoms with Crippen molar-refractivity contribution < 1.29 is 14.3 Å². The quantitative estimate of drug-likeness (QED) is 0.356. The average Bonchev–Trinajstić information content (AvgIpc) is 3.15. The fraction of sp³-hybridized carbons (Fsp3) is 0.0769. The lowest BCUT2D eigenvalue weighted by molar-refractivity contribution is 0.0698. The molecule has 0 unspecified atom stereocenters. The van der Waals surface area contributed by atoms with Gasteiger partial charge in [0.05, 0.1) is 28.1 Å². The van der Waals surface area contributed by atoms with E-state index in [-0.39, 0.29) is 11.1 Å². The number of hydrogen-bond acceptors (Lipinski definition) is 5. The van der Waals surface area contributed by atoms with Crippen LogP contribution >= 0.6 is 0 Å². The van der Waals surface area contributed by atoms with Crippen LogP contribution in [0, 0.1) is 19.7 Å². The molecule has 2 aromatic heterocycles. The summed E-state index contributed by atoms with van der Waals surface area (Å²) in [5, 5.41) is 17.7. The van der Waals surface area contributed by atoms with E-state index in [1.807, 2.05) is 38.1 Å². The van der Waals surface area contributed by atoms with Gasteiger partial charge in [-0.2, -0.15) is 5.10 Å². The maximum atomic E-state index is 15.0. The molecule has 0 aliphatic carbocycles. The SMILES string of the molecule is Cc1ccccc1-n1nc(C)c(-c2cc(F)c3nccnc3c2)c1Nc1ccccc1C(=O)O. The summed E-state index contributed by atoms with van der Waals surface area (Å²) in [5.41, 5.74) is 4.72. The third-order valence-electron chi connectivity index (χ3n) is 5.63. The molecule has 2 N–H and O–H groups in total. The minimum atomic E-state index is -1.06. The van der Waals surface area contributed by atoms with Gasteiger partial charge in [-0.05, 0) is 55.3 Å². The summed E-state index contributed by atoms with van der Waals surface area (Å²) in [6.45, 7) is 3.80. The molecule has 0 saturated carbocycles. The molecule has 0 aliphatic heterocycles. The molecule has 0 atom stereocenters. The number of benzene rings is 3. The van der Waals surface area contributed by atoms with E-state index in [9.17, 15) is 14.3 Å². The summed E-state index contributed by atoms with van der Waals surface area (Å²) in [6.07, 6.45) is 2.96. The Morgan fingerprint density at radius 3 is 2.53 bits per heavy atom. The van der Waals surface area contributed by atoms with Gasteiger partial charge in [-0.15, -0.1) is 0 Å². The maximum Gasteiger partial charge on any atom is 0.337 e. The second-order valence-electron chi connectivity index (χ2n) is 7.87. The first-order chi connectivity index (χ1) is 16.4. The number of carboxylic acids is 1. The number of carbonyl (C=O) groups is 1. The van der Waals surface area contributed by atoms with Gasteiger partial charge in [0.25, 0.3) is 0 Å². The Kier molecular flexibility index (Phi) is 5.25. The molecule has 5 aromatic rings. The summed E-state index contributed by atoms with van der Waals surface area (Å²) in [5.74, 6) is -1.04. The van der Waals surface area contributed by atoms with Crippen LogP contribution in [-0.2, 0) is 0 Å². The molecular formula is C26H20FN5O2. The highest BCUT2D eigenvalue weighted by molar-refractivity contribution is 5.96. The van der Waals surface area contributed by atoms with Crippen LogP contribution in [0.15, 0.2) is 73.1 Å². The Balaban J connectivity index is 1.78. The van der Waals surface area contributed by atoms with Crippen molar-refractivity contribution >= 4 is 28.5 Å². The molecule has 2 heterocycles. The van der Waals surface area contributed by atoms with Crippen molar-refractivity contribution in [3.63, 3.8) is 0 Å². The minimum Gasteiger partial charge on any atom is -0.478 e. The van der Waals surface area contributed by atoms with Gasteiger partial charge in [-0.3, -0.25) is 4.98 Å². The zero-order valence-corrected chi connectivity index (χ0v) is 18.5. The number of rotatable bonds is 5. The summed E-state index contributed by atoms with van der Waals surface area (Å²) >= 11 is 0. The van der Waals surface area contributed by atoms with E-state index in [0.717, 1.165) is 11.3 Å². The molecule has 7 nitrogen and oxygen atoms in total. The fourth-order valence-corrected chi connectivity index (χ4v) is 4.05. The number of aryl methyl sites for hydroxylation is 2. The van der Waals surface area contributed by atoms with E-state index in [1.165, 1.54) is 24.5 Å². The van der Waals surface area contributed by atoms with Crippen molar-refractivity contribution in [1.82, 2.24) is 19.7 Å². The summed E-state index contributed by atoms with van der Waals surface area (Å²) in [7, 11) is 0. The van der Waals surface area contributed by atoms with Crippen LogP contribution in [0.4, 0.5) is 15.9 Å². The smallest absolute Gasteiger partial charge is 0.337 e. The fourth-order valence-electron chi connectivity index (χ4n) is 4.05. The zero-order valence-electron chi connectivity index (χ0n) is 18.5. The predicted octanol–water partition coefficient (Wildman–Crippen LogP) is 5.68. The van der Waals surface area contributed by atoms with Crippen LogP contribution in [-0.4, -0.2) is 30.8 Å². The molecule has 0 saturated heterocycles. The number of nitrogens with zero attached hydrogens (tertiary/aromatic N) is 4. The van der Waals surface area contributed by atoms with E-state index in [1.54, 1.807) is 28.9 Å². The lowest BCUT2D eigenvalue weighted by Crippen LogP contribution is -2.08. The van der Waals surface area contributed by atoms with Gasteiger partial charge in [0.1, 0.15) is 11.3 Å². The summed E-state index contributed by atoms with van der Waals surface area (Å²) in [4.78, 5) is 20.2. The number of para-hydroxylation sites is 2. The Morgan fingerprint density at radius 1 is 1.00 bits per heavy atom. The number of halogens is 1. The van der Waals surface area contributed by atoms with E-state index < -0.39 is 11.8 Å². The standard InChI is InChI=1S/C26H20FN5O2/c1-15-7-3-6-10-22(15)32-25(30-20-9-5-4-8-18(20)26(33)34)23(16(2)31-32)17-13-19(27)24-21(14-17)28-11-12-29-24/h3-14,30H,1-2H3,(H,33,34). The van der Waals surface area contributed by atoms with E-state index >= 15 is 0 Å². The van der Waals surface area contributed by atoms with Crippen molar-refractivity contribution in [2.75, 3.05) is 5.32 Å². The Hall–Kier alpha value is -4.59. The van der Waals surface area contributed by atoms with E-state index in [2.05, 4.69) is 15.3 Å². The van der Waals surface area contributed by atoms with E-state index in [4.69, 9.17) is 5.10 Å². The first kappa shape index (κ1) is 21.3. The number of aromatic nitrogens is 4. The number of anilines is 2. The van der Waals surface area contributed by atoms with Crippen LogP contribution in [0.1, 0.15) is 21.6 Å². The molecule has 0 aliphatic rings. The van der Waals surface area contributed by atoms with Crippen LogP contribution in [0.25, 0.3) is 27.8 Å². The van der Waals surface area contributed by atoms with Crippen LogP contribution in [0.2, 0.25) is 0 Å². The molecule has 5 rings (SSSR count). The van der Waals surface area contributed by atoms with Crippen molar-refractivity contribution in [3.8, 4) is 16.8 Å². The number of nitrogens with one attached hydrogen (secondary N) is 1. The van der Waals surface area contributed by atoms with Crippen LogP contribution < -0.4 is 5.32 Å². The molecule has 0 amide bonds. The number of aromatic carboxylic acids is 1. The third-order valence-corrected chi connectivity index (χ3v) is 5.63. The maximum absolute atomic E-state index is 15.0. The highest BCUT2D eigenvalue weighted by Crippen LogP contribution is 2.38. The van der Waals surface area contributed by atoms with Crippen molar-refractivity contribution in [1.29, 1.82) is 0 Å². The molecule has 34 heavy (non-hydrogen) atoms.